The van der Waals surface area contributed by atoms with Crippen molar-refractivity contribution in [2.24, 2.45) is 10.2 Å². The van der Waals surface area contributed by atoms with Crippen LogP contribution in [0.2, 0.25) is 0 Å². The van der Waals surface area contributed by atoms with Crippen LogP contribution in [0, 0.1) is 6.57 Å². The Labute approximate surface area is 205 Å². The van der Waals surface area contributed by atoms with E-state index in [9.17, 15) is 18.1 Å². The minimum absolute atomic E-state index is 0. The number of azo groups is 1. The van der Waals surface area contributed by atoms with Gasteiger partial charge in [-0.25, -0.2) is 8.42 Å². The van der Waals surface area contributed by atoms with Crippen molar-refractivity contribution in [1.29, 1.82) is 0 Å². The van der Waals surface area contributed by atoms with Crippen molar-refractivity contribution in [1.82, 2.24) is 9.78 Å². The molecule has 3 aromatic rings. The van der Waals surface area contributed by atoms with Gasteiger partial charge in [-0.1, -0.05) is 24.8 Å². The first-order valence-corrected chi connectivity index (χ1v) is 8.51. The third-order valence-corrected chi connectivity index (χ3v) is 4.15. The molecule has 130 valence electrons. The summed E-state index contributed by atoms with van der Waals surface area (Å²) in [4.78, 5) is 2.78. The van der Waals surface area contributed by atoms with Crippen molar-refractivity contribution in [3.63, 3.8) is 0 Å². The Bertz CT molecular complexity index is 1120. The number of aromatic nitrogens is 2. The van der Waals surface area contributed by atoms with Gasteiger partial charge in [0.15, 0.2) is 0 Å². The number of hydrogen-bond acceptors (Lipinski definition) is 7. The Morgan fingerprint density at radius 2 is 1.61 bits per heavy atom. The van der Waals surface area contributed by atoms with E-state index in [1.807, 2.05) is 0 Å². The molecule has 0 saturated heterocycles. The summed E-state index contributed by atoms with van der Waals surface area (Å²) in [6, 6.07) is 13.2. The molecular weight excluding hydrogens is 404 g/mol. The third kappa shape index (κ3) is 5.50. The van der Waals surface area contributed by atoms with Gasteiger partial charge in [0.25, 0.3) is 0 Å². The summed E-state index contributed by atoms with van der Waals surface area (Å²) in [6.45, 7) is 7.14. The van der Waals surface area contributed by atoms with E-state index in [0.717, 1.165) is 16.8 Å². The van der Waals surface area contributed by atoms with Gasteiger partial charge in [0, 0.05) is 5.88 Å². The largest absolute Gasteiger partial charge is 1.00 e. The van der Waals surface area contributed by atoms with E-state index in [1.54, 1.807) is 30.3 Å². The molecule has 0 saturated carbocycles. The van der Waals surface area contributed by atoms with Gasteiger partial charge in [0.1, 0.15) is 15.8 Å². The molecular formula is C16H9N5Na2O4S. The van der Waals surface area contributed by atoms with Gasteiger partial charge in [0.05, 0.1) is 16.3 Å². The summed E-state index contributed by atoms with van der Waals surface area (Å²) >= 11 is 0. The predicted octanol–water partition coefficient (Wildman–Crippen LogP) is -3.18. The zero-order valence-corrected chi connectivity index (χ0v) is 19.8. The van der Waals surface area contributed by atoms with Gasteiger partial charge in [-0.3, -0.25) is 0 Å². The third-order valence-electron chi connectivity index (χ3n) is 3.30. The standard InChI is InChI=1S/C16H11N5O4S.2Na/c1-17-15-14(16(22)21(20-15)12-5-3-2-4-6-12)19-18-11-7-9-13(10-8-11)26(23,24)25;;/h2-10,22H,(H,23,24,25);;/q;2*+1/p-2. The Hall–Kier alpha value is -1.55. The number of nitrogens with zero attached hydrogens (tertiary/aromatic N) is 5. The number of hydrogen-bond donors (Lipinski definition) is 0. The van der Waals surface area contributed by atoms with E-state index in [-0.39, 0.29) is 76.3 Å². The van der Waals surface area contributed by atoms with Gasteiger partial charge in [0.2, 0.25) is 0 Å². The van der Waals surface area contributed by atoms with Crippen LogP contribution < -0.4 is 64.2 Å². The fourth-order valence-electron chi connectivity index (χ4n) is 2.08. The second kappa shape index (κ2) is 10.3. The van der Waals surface area contributed by atoms with Gasteiger partial charge in [-0.15, -0.1) is 0 Å². The first-order chi connectivity index (χ1) is 12.4. The molecule has 0 aliphatic carbocycles. The van der Waals surface area contributed by atoms with Crippen molar-refractivity contribution in [3.8, 4) is 11.6 Å². The van der Waals surface area contributed by atoms with Gasteiger partial charge in [-0.05, 0) is 41.5 Å². The molecule has 0 unspecified atom stereocenters. The fraction of sp³-hybridized carbons (Fsp3) is 0. The van der Waals surface area contributed by atoms with Crippen LogP contribution in [0.15, 0.2) is 69.7 Å². The van der Waals surface area contributed by atoms with Crippen LogP contribution in [0.3, 0.4) is 0 Å². The molecule has 2 aromatic carbocycles. The van der Waals surface area contributed by atoms with Crippen LogP contribution in [0.5, 0.6) is 5.88 Å². The zero-order chi connectivity index (χ0) is 18.7. The summed E-state index contributed by atoms with van der Waals surface area (Å²) in [7, 11) is -4.56. The normalized spacial score (nSPS) is 10.7. The van der Waals surface area contributed by atoms with Gasteiger partial charge >= 0.3 is 64.9 Å². The van der Waals surface area contributed by atoms with E-state index in [1.165, 1.54) is 12.1 Å². The molecule has 0 aliphatic rings. The molecule has 0 spiro atoms. The van der Waals surface area contributed by atoms with Crippen LogP contribution in [-0.4, -0.2) is 22.8 Å². The van der Waals surface area contributed by atoms with Crippen molar-refractivity contribution < 1.29 is 77.2 Å². The SMILES string of the molecule is [C-]#[N+]c1nn(-c2ccccc2)c([O-])c1N=Nc1ccc(S(=O)(=O)[O-])cc1.[Na+].[Na+]. The van der Waals surface area contributed by atoms with E-state index in [0.29, 0.717) is 5.69 Å². The summed E-state index contributed by atoms with van der Waals surface area (Å²) in [6.07, 6.45) is 0. The Kier molecular flexibility index (Phi) is 9.00. The molecule has 0 bridgehead atoms. The fourth-order valence-corrected chi connectivity index (χ4v) is 2.55. The molecule has 1 heterocycles. The van der Waals surface area contributed by atoms with E-state index < -0.39 is 20.9 Å². The van der Waals surface area contributed by atoms with Crippen LogP contribution in [0.1, 0.15) is 0 Å². The van der Waals surface area contributed by atoms with Crippen LogP contribution in [0.25, 0.3) is 10.5 Å². The average Bonchev–Trinajstić information content (AvgIpc) is 2.96. The maximum Gasteiger partial charge on any atom is 1.00 e. The summed E-state index contributed by atoms with van der Waals surface area (Å²) in [5, 5.41) is 24.0. The van der Waals surface area contributed by atoms with E-state index in [2.05, 4.69) is 20.2 Å². The molecule has 9 nitrogen and oxygen atoms in total. The van der Waals surface area contributed by atoms with E-state index in [4.69, 9.17) is 6.57 Å². The molecule has 3 rings (SSSR count). The summed E-state index contributed by atoms with van der Waals surface area (Å²) in [5.74, 6) is -0.814. The average molecular weight is 413 g/mol. The zero-order valence-electron chi connectivity index (χ0n) is 15.0. The molecule has 0 amide bonds. The first-order valence-electron chi connectivity index (χ1n) is 7.11. The quantitative estimate of drug-likeness (QED) is 0.193. The van der Waals surface area contributed by atoms with Gasteiger partial charge in [-0.2, -0.15) is 14.9 Å². The molecule has 12 heteroatoms. The smallest absolute Gasteiger partial charge is 0.857 e. The van der Waals surface area contributed by atoms with Crippen molar-refractivity contribution in [2.75, 3.05) is 0 Å². The molecule has 0 atom stereocenters. The summed E-state index contributed by atoms with van der Waals surface area (Å²) in [5.41, 5.74) is 0.457. The molecule has 0 N–H and O–H groups in total. The molecule has 1 aromatic heterocycles. The molecule has 0 aliphatic heterocycles. The number of rotatable bonds is 4. The first kappa shape index (κ1) is 24.5. The van der Waals surface area contributed by atoms with Crippen molar-refractivity contribution in [3.05, 3.63) is 66.0 Å². The van der Waals surface area contributed by atoms with Crippen molar-refractivity contribution >= 4 is 27.3 Å². The van der Waals surface area contributed by atoms with Crippen molar-refractivity contribution in [2.45, 2.75) is 4.90 Å². The Morgan fingerprint density at radius 3 is 2.14 bits per heavy atom. The number of benzene rings is 2. The maximum absolute atomic E-state index is 12.4. The Balaban J connectivity index is 0.00000196. The predicted molar refractivity (Wildman–Crippen MR) is 87.9 cm³/mol. The molecule has 0 radical (unpaired) electrons. The van der Waals surface area contributed by atoms with Crippen LogP contribution >= 0.6 is 0 Å². The van der Waals surface area contributed by atoms with Gasteiger partial charge < -0.3 is 14.5 Å². The second-order valence-corrected chi connectivity index (χ2v) is 6.36. The second-order valence-electron chi connectivity index (χ2n) is 4.98. The maximum atomic E-state index is 12.4. The van der Waals surface area contributed by atoms with Crippen LogP contribution in [-0.2, 0) is 10.1 Å². The number of para-hydroxylation sites is 1. The van der Waals surface area contributed by atoms with E-state index >= 15 is 0 Å². The molecule has 28 heavy (non-hydrogen) atoms. The minimum Gasteiger partial charge on any atom is -0.857 e. The Morgan fingerprint density at radius 1 is 1.00 bits per heavy atom. The topological polar surface area (TPSA) is 127 Å². The summed E-state index contributed by atoms with van der Waals surface area (Å²) < 4.78 is 33.7. The minimum atomic E-state index is -4.56. The monoisotopic (exact) mass is 413 g/mol. The van der Waals surface area contributed by atoms with Crippen LogP contribution in [0.4, 0.5) is 17.2 Å². The molecule has 0 fully saturated rings.